The number of aromatic amines is 1. The molecule has 0 unspecified atom stereocenters. The molecule has 4 heteroatoms. The van der Waals surface area contributed by atoms with Crippen LogP contribution in [-0.2, 0) is 6.42 Å². The summed E-state index contributed by atoms with van der Waals surface area (Å²) in [6.07, 6.45) is 1.52. The Kier molecular flexibility index (Phi) is 2.68. The van der Waals surface area contributed by atoms with Crippen LogP contribution in [0.2, 0.25) is 0 Å². The van der Waals surface area contributed by atoms with Gasteiger partial charge in [-0.15, -0.1) is 0 Å². The molecule has 0 bridgehead atoms. The van der Waals surface area contributed by atoms with Crippen molar-refractivity contribution in [3.05, 3.63) is 35.0 Å². The summed E-state index contributed by atoms with van der Waals surface area (Å²) in [6, 6.07) is 5.93. The van der Waals surface area contributed by atoms with Gasteiger partial charge in [-0.1, -0.05) is 13.8 Å². The van der Waals surface area contributed by atoms with Crippen LogP contribution < -0.4 is 9.47 Å². The van der Waals surface area contributed by atoms with Crippen LogP contribution in [0.4, 0.5) is 0 Å². The smallest absolute Gasteiger partial charge is 0.231 e. The first kappa shape index (κ1) is 13.4. The predicted molar refractivity (Wildman–Crippen MR) is 83.5 cm³/mol. The second-order valence-electron chi connectivity index (χ2n) is 6.99. The van der Waals surface area contributed by atoms with Gasteiger partial charge in [-0.2, -0.15) is 0 Å². The van der Waals surface area contributed by atoms with Gasteiger partial charge >= 0.3 is 0 Å². The molecule has 22 heavy (non-hydrogen) atoms. The first-order valence-electron chi connectivity index (χ1n) is 7.59. The zero-order chi connectivity index (χ0) is 15.5. The van der Waals surface area contributed by atoms with Crippen LogP contribution in [0.3, 0.4) is 0 Å². The van der Waals surface area contributed by atoms with E-state index in [9.17, 15) is 4.79 Å². The minimum absolute atomic E-state index is 0.00378. The number of benzene rings is 1. The van der Waals surface area contributed by atoms with Gasteiger partial charge in [-0.05, 0) is 42.5 Å². The molecule has 1 aliphatic heterocycles. The Bertz CT molecular complexity index is 786. The van der Waals surface area contributed by atoms with Crippen LogP contribution in [0, 0.1) is 12.3 Å². The number of Topliss-reactive ketones (excluding diaryl/α,β-unsaturated/α-hetero) is 1. The number of fused-ring (bicyclic) bond motifs is 2. The van der Waals surface area contributed by atoms with Crippen LogP contribution in [0.1, 0.15) is 41.9 Å². The van der Waals surface area contributed by atoms with Gasteiger partial charge in [-0.25, -0.2) is 0 Å². The van der Waals surface area contributed by atoms with E-state index in [1.165, 1.54) is 0 Å². The van der Waals surface area contributed by atoms with E-state index in [1.807, 2.05) is 25.1 Å². The standard InChI is InChI=1S/C18H19NO3/c1-10-16-12(7-18(2,3)8-13(16)20)17(19-10)11-4-5-14-15(6-11)22-9-21-14/h4-6,19H,7-9H2,1-3H3. The number of ketones is 1. The topological polar surface area (TPSA) is 51.3 Å². The van der Waals surface area contributed by atoms with E-state index in [0.29, 0.717) is 6.42 Å². The van der Waals surface area contributed by atoms with Gasteiger partial charge in [0.2, 0.25) is 6.79 Å². The van der Waals surface area contributed by atoms with Crippen LogP contribution in [0.5, 0.6) is 11.5 Å². The second kappa shape index (κ2) is 4.38. The lowest BCUT2D eigenvalue weighted by Crippen LogP contribution is -2.26. The maximum atomic E-state index is 12.5. The average molecular weight is 297 g/mol. The predicted octanol–water partition coefficient (Wildman–Crippen LogP) is 3.87. The van der Waals surface area contributed by atoms with E-state index < -0.39 is 0 Å². The van der Waals surface area contributed by atoms with Gasteiger partial charge in [0, 0.05) is 28.9 Å². The summed E-state index contributed by atoms with van der Waals surface area (Å²) in [4.78, 5) is 15.9. The molecular formula is C18H19NO3. The van der Waals surface area contributed by atoms with Crippen molar-refractivity contribution < 1.29 is 14.3 Å². The lowest BCUT2D eigenvalue weighted by Gasteiger charge is -2.29. The molecule has 0 spiro atoms. The molecule has 1 N–H and O–H groups in total. The number of carbonyl (C=O) groups is 1. The highest BCUT2D eigenvalue weighted by Gasteiger charge is 2.35. The summed E-state index contributed by atoms with van der Waals surface area (Å²) >= 11 is 0. The van der Waals surface area contributed by atoms with Gasteiger partial charge in [0.05, 0.1) is 0 Å². The second-order valence-corrected chi connectivity index (χ2v) is 6.99. The molecule has 0 amide bonds. The molecule has 1 aromatic carbocycles. The minimum atomic E-state index is 0.00378. The number of nitrogens with one attached hydrogen (secondary N) is 1. The molecule has 1 aromatic heterocycles. The number of carbonyl (C=O) groups excluding carboxylic acids is 1. The van der Waals surface area contributed by atoms with Crippen molar-refractivity contribution >= 4 is 5.78 Å². The summed E-state index contributed by atoms with van der Waals surface area (Å²) in [5.41, 5.74) is 5.06. The summed E-state index contributed by atoms with van der Waals surface area (Å²) in [5.74, 6) is 1.78. The number of ether oxygens (including phenoxy) is 2. The Balaban J connectivity index is 1.87. The number of aromatic nitrogens is 1. The Labute approximate surface area is 129 Å². The Morgan fingerprint density at radius 1 is 1.14 bits per heavy atom. The third-order valence-corrected chi connectivity index (χ3v) is 4.53. The van der Waals surface area contributed by atoms with Crippen LogP contribution in [0.25, 0.3) is 11.3 Å². The normalized spacial score (nSPS) is 18.4. The average Bonchev–Trinajstić information content (AvgIpc) is 3.01. The van der Waals surface area contributed by atoms with Gasteiger partial charge in [0.1, 0.15) is 0 Å². The summed E-state index contributed by atoms with van der Waals surface area (Å²) in [7, 11) is 0. The zero-order valence-electron chi connectivity index (χ0n) is 13.1. The molecule has 0 saturated carbocycles. The van der Waals surface area contributed by atoms with Crippen molar-refractivity contribution in [1.82, 2.24) is 4.98 Å². The maximum absolute atomic E-state index is 12.5. The van der Waals surface area contributed by atoms with Crippen molar-refractivity contribution in [2.45, 2.75) is 33.6 Å². The lowest BCUT2D eigenvalue weighted by molar-refractivity contribution is 0.0912. The Hall–Kier alpha value is -2.23. The van der Waals surface area contributed by atoms with Crippen molar-refractivity contribution in [3.8, 4) is 22.8 Å². The van der Waals surface area contributed by atoms with E-state index in [4.69, 9.17) is 9.47 Å². The largest absolute Gasteiger partial charge is 0.454 e. The van der Waals surface area contributed by atoms with E-state index in [2.05, 4.69) is 18.8 Å². The van der Waals surface area contributed by atoms with Gasteiger partial charge in [0.15, 0.2) is 17.3 Å². The number of rotatable bonds is 1. The molecule has 2 aliphatic rings. The van der Waals surface area contributed by atoms with Crippen molar-refractivity contribution in [2.24, 2.45) is 5.41 Å². The fourth-order valence-electron chi connectivity index (χ4n) is 3.59. The van der Waals surface area contributed by atoms with Crippen LogP contribution >= 0.6 is 0 Å². The first-order chi connectivity index (χ1) is 10.4. The molecule has 0 radical (unpaired) electrons. The molecular weight excluding hydrogens is 278 g/mol. The highest BCUT2D eigenvalue weighted by atomic mass is 16.7. The number of hydrogen-bond donors (Lipinski definition) is 1. The molecule has 0 fully saturated rings. The van der Waals surface area contributed by atoms with E-state index in [1.54, 1.807) is 0 Å². The summed E-state index contributed by atoms with van der Waals surface area (Å²) in [6.45, 7) is 6.55. The molecule has 2 aromatic rings. The number of hydrogen-bond acceptors (Lipinski definition) is 3. The third-order valence-electron chi connectivity index (χ3n) is 4.53. The monoisotopic (exact) mass is 297 g/mol. The highest BCUT2D eigenvalue weighted by molar-refractivity contribution is 6.02. The van der Waals surface area contributed by atoms with E-state index in [0.717, 1.165) is 46.0 Å². The molecule has 114 valence electrons. The quantitative estimate of drug-likeness (QED) is 0.869. The fraction of sp³-hybridized carbons (Fsp3) is 0.389. The Morgan fingerprint density at radius 3 is 2.73 bits per heavy atom. The number of aryl methyl sites for hydroxylation is 1. The van der Waals surface area contributed by atoms with Crippen molar-refractivity contribution in [2.75, 3.05) is 6.79 Å². The first-order valence-corrected chi connectivity index (χ1v) is 7.59. The molecule has 1 aliphatic carbocycles. The highest BCUT2D eigenvalue weighted by Crippen LogP contribution is 2.43. The summed E-state index contributed by atoms with van der Waals surface area (Å²) in [5, 5.41) is 0. The lowest BCUT2D eigenvalue weighted by atomic mass is 9.73. The summed E-state index contributed by atoms with van der Waals surface area (Å²) < 4.78 is 10.8. The molecule has 4 rings (SSSR count). The third kappa shape index (κ3) is 1.94. The van der Waals surface area contributed by atoms with Gasteiger partial charge < -0.3 is 14.5 Å². The van der Waals surface area contributed by atoms with Crippen molar-refractivity contribution in [1.29, 1.82) is 0 Å². The number of H-pyrrole nitrogens is 1. The molecule has 0 saturated heterocycles. The molecule has 4 nitrogen and oxygen atoms in total. The minimum Gasteiger partial charge on any atom is -0.454 e. The maximum Gasteiger partial charge on any atom is 0.231 e. The van der Waals surface area contributed by atoms with E-state index >= 15 is 0 Å². The van der Waals surface area contributed by atoms with E-state index in [-0.39, 0.29) is 18.0 Å². The fourth-order valence-corrected chi connectivity index (χ4v) is 3.59. The Morgan fingerprint density at radius 2 is 1.91 bits per heavy atom. The van der Waals surface area contributed by atoms with Gasteiger partial charge in [-0.3, -0.25) is 4.79 Å². The molecule has 2 heterocycles. The van der Waals surface area contributed by atoms with Crippen LogP contribution in [-0.4, -0.2) is 17.6 Å². The van der Waals surface area contributed by atoms with Crippen molar-refractivity contribution in [3.63, 3.8) is 0 Å². The molecule has 0 atom stereocenters. The van der Waals surface area contributed by atoms with Crippen LogP contribution in [0.15, 0.2) is 18.2 Å². The van der Waals surface area contributed by atoms with Gasteiger partial charge in [0.25, 0.3) is 0 Å². The SMILES string of the molecule is Cc1[nH]c(-c2ccc3c(c2)OCO3)c2c1C(=O)CC(C)(C)C2. The zero-order valence-corrected chi connectivity index (χ0v) is 13.1.